The molecule has 38 heavy (non-hydrogen) atoms. The van der Waals surface area contributed by atoms with Crippen LogP contribution in [0.25, 0.3) is 0 Å². The standard InChI is InChI=1S/C31H23F2N3O2/c1-36-26-19-35-34-18-23(26)31(16-20-8-4-2-5-9-20,17-21-10-6-3-7-11-21)29(36)13-12-27-30(37)22-14-24(32)25(33)15-28(22)38-27/h2-15,18-19H,16-17H2,1H3/b27-12-,29-13+. The van der Waals surface area contributed by atoms with Crippen LogP contribution in [0.15, 0.2) is 109 Å². The molecule has 0 amide bonds. The van der Waals surface area contributed by atoms with E-state index in [0.29, 0.717) is 12.8 Å². The third kappa shape index (κ3) is 3.96. The van der Waals surface area contributed by atoms with Gasteiger partial charge in [-0.15, -0.1) is 0 Å². The number of carbonyl (C=O) groups excluding carboxylic acids is 1. The summed E-state index contributed by atoms with van der Waals surface area (Å²) in [6.45, 7) is 0. The van der Waals surface area contributed by atoms with Gasteiger partial charge in [0.25, 0.3) is 0 Å². The van der Waals surface area contributed by atoms with Crippen LogP contribution in [0.4, 0.5) is 14.5 Å². The Morgan fingerprint density at radius 2 is 1.47 bits per heavy atom. The van der Waals surface area contributed by atoms with E-state index in [1.807, 2.05) is 55.7 Å². The van der Waals surface area contributed by atoms with Crippen LogP contribution in [0.1, 0.15) is 27.0 Å². The summed E-state index contributed by atoms with van der Waals surface area (Å²) in [4.78, 5) is 15.0. The van der Waals surface area contributed by atoms with Crippen molar-refractivity contribution in [2.75, 3.05) is 11.9 Å². The number of likely N-dealkylation sites (N-methyl/N-ethyl adjacent to an activating group) is 1. The Labute approximate surface area is 218 Å². The average Bonchev–Trinajstić information content (AvgIpc) is 3.35. The second-order valence-electron chi connectivity index (χ2n) is 9.53. The number of anilines is 1. The van der Waals surface area contributed by atoms with Gasteiger partial charge in [-0.05, 0) is 42.2 Å². The van der Waals surface area contributed by atoms with Crippen LogP contribution in [0.3, 0.4) is 0 Å². The predicted molar refractivity (Wildman–Crippen MR) is 140 cm³/mol. The quantitative estimate of drug-likeness (QED) is 0.312. The van der Waals surface area contributed by atoms with Gasteiger partial charge in [-0.3, -0.25) is 4.79 Å². The molecule has 0 bridgehead atoms. The van der Waals surface area contributed by atoms with Gasteiger partial charge < -0.3 is 9.64 Å². The molecular formula is C31H23F2N3O2. The Morgan fingerprint density at radius 3 is 2.13 bits per heavy atom. The first-order valence-corrected chi connectivity index (χ1v) is 12.2. The first-order chi connectivity index (χ1) is 18.5. The number of nitrogens with zero attached hydrogens (tertiary/aromatic N) is 3. The zero-order valence-electron chi connectivity index (χ0n) is 20.6. The molecule has 0 atom stereocenters. The van der Waals surface area contributed by atoms with E-state index >= 15 is 0 Å². The number of aromatic nitrogens is 2. The molecule has 0 unspecified atom stereocenters. The lowest BCUT2D eigenvalue weighted by Gasteiger charge is -2.33. The van der Waals surface area contributed by atoms with Crippen molar-refractivity contribution in [3.63, 3.8) is 0 Å². The highest BCUT2D eigenvalue weighted by Crippen LogP contribution is 2.50. The molecule has 0 radical (unpaired) electrons. The van der Waals surface area contributed by atoms with Gasteiger partial charge >= 0.3 is 0 Å². The Kier molecular flexibility index (Phi) is 5.83. The maximum Gasteiger partial charge on any atom is 0.232 e. The number of ketones is 1. The number of rotatable bonds is 5. The maximum atomic E-state index is 13.8. The van der Waals surface area contributed by atoms with Crippen molar-refractivity contribution in [2.24, 2.45) is 0 Å². The van der Waals surface area contributed by atoms with E-state index in [1.54, 1.807) is 12.3 Å². The van der Waals surface area contributed by atoms with E-state index in [2.05, 4.69) is 39.4 Å². The first kappa shape index (κ1) is 23.7. The van der Waals surface area contributed by atoms with Gasteiger partial charge in [0, 0.05) is 29.8 Å². The van der Waals surface area contributed by atoms with E-state index in [9.17, 15) is 13.6 Å². The van der Waals surface area contributed by atoms with Crippen LogP contribution in [-0.2, 0) is 18.3 Å². The van der Waals surface area contributed by atoms with Crippen LogP contribution in [0.2, 0.25) is 0 Å². The van der Waals surface area contributed by atoms with Gasteiger partial charge in [0.1, 0.15) is 5.75 Å². The molecule has 188 valence electrons. The number of hydrogen-bond donors (Lipinski definition) is 0. The summed E-state index contributed by atoms with van der Waals surface area (Å²) in [6, 6.07) is 22.2. The van der Waals surface area contributed by atoms with Crippen LogP contribution >= 0.6 is 0 Å². The molecule has 2 aliphatic heterocycles. The predicted octanol–water partition coefficient (Wildman–Crippen LogP) is 5.97. The maximum absolute atomic E-state index is 13.8. The fourth-order valence-electron chi connectivity index (χ4n) is 5.49. The molecule has 1 aromatic heterocycles. The second kappa shape index (κ2) is 9.34. The van der Waals surface area contributed by atoms with Gasteiger partial charge in [0.15, 0.2) is 17.4 Å². The normalized spacial score (nSPS) is 17.6. The zero-order valence-corrected chi connectivity index (χ0v) is 20.6. The third-order valence-electron chi connectivity index (χ3n) is 7.24. The van der Waals surface area contributed by atoms with Crippen LogP contribution < -0.4 is 9.64 Å². The Hall–Kier alpha value is -4.65. The molecule has 0 aliphatic carbocycles. The summed E-state index contributed by atoms with van der Waals surface area (Å²) < 4.78 is 33.2. The largest absolute Gasteiger partial charge is 0.452 e. The molecular weight excluding hydrogens is 484 g/mol. The number of fused-ring (bicyclic) bond motifs is 2. The van der Waals surface area contributed by atoms with Crippen molar-refractivity contribution >= 4 is 11.5 Å². The third-order valence-corrected chi connectivity index (χ3v) is 7.24. The van der Waals surface area contributed by atoms with Crippen molar-refractivity contribution in [3.8, 4) is 5.75 Å². The van der Waals surface area contributed by atoms with Crippen LogP contribution in [-0.4, -0.2) is 23.0 Å². The molecule has 0 fully saturated rings. The smallest absolute Gasteiger partial charge is 0.232 e. The van der Waals surface area contributed by atoms with Gasteiger partial charge in [-0.2, -0.15) is 10.2 Å². The van der Waals surface area contributed by atoms with Crippen molar-refractivity contribution < 1.29 is 18.3 Å². The molecule has 0 N–H and O–H groups in total. The number of benzene rings is 3. The Morgan fingerprint density at radius 1 is 0.868 bits per heavy atom. The lowest BCUT2D eigenvalue weighted by atomic mass is 9.71. The molecule has 0 saturated heterocycles. The SMILES string of the molecule is CN1/C(=C/C=C2\Oc3cc(F)c(F)cc3C2=O)C(Cc2ccccc2)(Cc2ccccc2)c2cnncc21. The van der Waals surface area contributed by atoms with Crippen LogP contribution in [0, 0.1) is 11.6 Å². The number of carbonyl (C=O) groups is 1. The van der Waals surface area contributed by atoms with E-state index in [4.69, 9.17) is 4.74 Å². The molecule has 7 heteroatoms. The lowest BCUT2D eigenvalue weighted by molar-refractivity contribution is 0.101. The molecule has 6 rings (SSSR count). The summed E-state index contributed by atoms with van der Waals surface area (Å²) >= 11 is 0. The lowest BCUT2D eigenvalue weighted by Crippen LogP contribution is -2.34. The Bertz CT molecular complexity index is 1560. The van der Waals surface area contributed by atoms with Crippen molar-refractivity contribution in [2.45, 2.75) is 18.3 Å². The number of Topliss-reactive ketones (excluding diaryl/α,β-unsaturated/α-hetero) is 1. The highest BCUT2D eigenvalue weighted by Gasteiger charge is 2.46. The second-order valence-corrected chi connectivity index (χ2v) is 9.53. The van der Waals surface area contributed by atoms with Gasteiger partial charge in [-0.25, -0.2) is 8.78 Å². The van der Waals surface area contributed by atoms with E-state index < -0.39 is 22.8 Å². The molecule has 5 nitrogen and oxygen atoms in total. The van der Waals surface area contributed by atoms with E-state index in [0.717, 1.165) is 40.2 Å². The molecule has 3 aromatic carbocycles. The summed E-state index contributed by atoms with van der Waals surface area (Å²) in [5, 5.41) is 8.36. The number of allylic oxidation sites excluding steroid dienone is 4. The monoisotopic (exact) mass is 507 g/mol. The molecule has 0 spiro atoms. The van der Waals surface area contributed by atoms with Crippen LogP contribution in [0.5, 0.6) is 5.75 Å². The zero-order chi connectivity index (χ0) is 26.3. The summed E-state index contributed by atoms with van der Waals surface area (Å²) in [7, 11) is 1.96. The van der Waals surface area contributed by atoms with E-state index in [1.165, 1.54) is 0 Å². The minimum atomic E-state index is -1.09. The minimum Gasteiger partial charge on any atom is -0.452 e. The van der Waals surface area contributed by atoms with E-state index in [-0.39, 0.29) is 17.1 Å². The molecule has 4 aromatic rings. The van der Waals surface area contributed by atoms with Gasteiger partial charge in [0.2, 0.25) is 5.78 Å². The van der Waals surface area contributed by atoms with Crippen molar-refractivity contribution in [1.82, 2.24) is 10.2 Å². The molecule has 2 aliphatic rings. The first-order valence-electron chi connectivity index (χ1n) is 12.2. The highest BCUT2D eigenvalue weighted by atomic mass is 19.2. The molecule has 3 heterocycles. The number of halogens is 2. The fraction of sp³-hybridized carbons (Fsp3) is 0.129. The topological polar surface area (TPSA) is 55.3 Å². The number of hydrogen-bond acceptors (Lipinski definition) is 5. The van der Waals surface area contributed by atoms with Crippen molar-refractivity contribution in [1.29, 1.82) is 0 Å². The summed E-state index contributed by atoms with van der Waals surface area (Å²) in [5.74, 6) is -2.63. The summed E-state index contributed by atoms with van der Waals surface area (Å²) in [5.41, 5.74) is 4.63. The summed E-state index contributed by atoms with van der Waals surface area (Å²) in [6.07, 6.45) is 8.34. The minimum absolute atomic E-state index is 0.00449. The van der Waals surface area contributed by atoms with Gasteiger partial charge in [0.05, 0.1) is 23.6 Å². The number of ether oxygens (including phenoxy) is 1. The van der Waals surface area contributed by atoms with Gasteiger partial charge in [-0.1, -0.05) is 60.7 Å². The van der Waals surface area contributed by atoms with Crippen molar-refractivity contribution in [3.05, 3.63) is 143 Å². The Balaban J connectivity index is 1.50. The highest BCUT2D eigenvalue weighted by molar-refractivity contribution is 6.12. The molecule has 0 saturated carbocycles. The average molecular weight is 508 g/mol. The fourth-order valence-corrected chi connectivity index (χ4v) is 5.49.